The number of hydrogen-bond acceptors (Lipinski definition) is 3. The van der Waals surface area contributed by atoms with E-state index in [0.29, 0.717) is 45.2 Å². The molecule has 1 heterocycles. The summed E-state index contributed by atoms with van der Waals surface area (Å²) in [6.07, 6.45) is 3.37. The number of carbonyl (C=O) groups excluding carboxylic acids is 1. The van der Waals surface area contributed by atoms with E-state index in [0.717, 1.165) is 11.1 Å². The lowest BCUT2D eigenvalue weighted by Gasteiger charge is -2.09. The summed E-state index contributed by atoms with van der Waals surface area (Å²) >= 11 is 18.2. The standard InChI is InChI=1S/C24H18Cl3N3O2/c25-19-9-10-23(22(27)11-19)32-15-16-5-7-17(8-6-16)24(31)29-20-12-28-30(14-20)13-18-3-1-2-4-21(18)26/h1-12,14H,13,15H2,(H,29,31). The van der Waals surface area contributed by atoms with E-state index in [1.165, 1.54) is 0 Å². The lowest BCUT2D eigenvalue weighted by molar-refractivity contribution is 0.102. The SMILES string of the molecule is O=C(Nc1cnn(Cc2ccccc2Cl)c1)c1ccc(COc2ccc(Cl)cc2Cl)cc1. The average molecular weight is 487 g/mol. The van der Waals surface area contributed by atoms with Crippen molar-refractivity contribution in [2.75, 3.05) is 5.32 Å². The van der Waals surface area contributed by atoms with Crippen molar-refractivity contribution in [1.82, 2.24) is 9.78 Å². The van der Waals surface area contributed by atoms with Gasteiger partial charge in [-0.15, -0.1) is 0 Å². The topological polar surface area (TPSA) is 56.2 Å². The Morgan fingerprint density at radius 1 is 0.969 bits per heavy atom. The second kappa shape index (κ2) is 10.1. The number of ether oxygens (including phenoxy) is 1. The van der Waals surface area contributed by atoms with E-state index < -0.39 is 0 Å². The molecule has 1 amide bonds. The molecule has 0 saturated carbocycles. The van der Waals surface area contributed by atoms with E-state index in [4.69, 9.17) is 39.5 Å². The first kappa shape index (κ1) is 22.2. The van der Waals surface area contributed by atoms with Crippen LogP contribution in [0.3, 0.4) is 0 Å². The summed E-state index contributed by atoms with van der Waals surface area (Å²) in [7, 11) is 0. The molecule has 0 radical (unpaired) electrons. The molecule has 0 aliphatic carbocycles. The van der Waals surface area contributed by atoms with Crippen molar-refractivity contribution >= 4 is 46.4 Å². The van der Waals surface area contributed by atoms with E-state index in [1.54, 1.807) is 47.4 Å². The van der Waals surface area contributed by atoms with Crippen LogP contribution in [0.2, 0.25) is 15.1 Å². The number of carbonyl (C=O) groups is 1. The Bertz CT molecular complexity index is 1240. The highest BCUT2D eigenvalue weighted by Crippen LogP contribution is 2.28. The maximum atomic E-state index is 12.6. The summed E-state index contributed by atoms with van der Waals surface area (Å²) in [6.45, 7) is 0.833. The summed E-state index contributed by atoms with van der Waals surface area (Å²) in [6, 6.07) is 19.8. The summed E-state index contributed by atoms with van der Waals surface area (Å²) in [5.41, 5.74) is 2.98. The van der Waals surface area contributed by atoms with E-state index >= 15 is 0 Å². The average Bonchev–Trinajstić information content (AvgIpc) is 3.22. The highest BCUT2D eigenvalue weighted by Gasteiger charge is 2.09. The second-order valence-electron chi connectivity index (χ2n) is 7.03. The molecule has 1 aromatic heterocycles. The van der Waals surface area contributed by atoms with Crippen LogP contribution in [0.4, 0.5) is 5.69 Å². The van der Waals surface area contributed by atoms with Crippen molar-refractivity contribution < 1.29 is 9.53 Å². The number of rotatable bonds is 7. The molecule has 0 aliphatic heterocycles. The minimum Gasteiger partial charge on any atom is -0.487 e. The van der Waals surface area contributed by atoms with Crippen LogP contribution < -0.4 is 10.1 Å². The number of amides is 1. The lowest BCUT2D eigenvalue weighted by atomic mass is 10.1. The second-order valence-corrected chi connectivity index (χ2v) is 8.28. The molecule has 0 spiro atoms. The quantitative estimate of drug-likeness (QED) is 0.315. The van der Waals surface area contributed by atoms with Gasteiger partial charge in [0.1, 0.15) is 12.4 Å². The summed E-state index contributed by atoms with van der Waals surface area (Å²) in [5.74, 6) is 0.321. The fourth-order valence-electron chi connectivity index (χ4n) is 3.02. The molecule has 0 fully saturated rings. The molecule has 162 valence electrons. The van der Waals surface area contributed by atoms with Gasteiger partial charge in [-0.05, 0) is 47.5 Å². The molecule has 0 atom stereocenters. The highest BCUT2D eigenvalue weighted by atomic mass is 35.5. The van der Waals surface area contributed by atoms with Crippen molar-refractivity contribution in [2.45, 2.75) is 13.2 Å². The number of hydrogen-bond donors (Lipinski definition) is 1. The van der Waals surface area contributed by atoms with Gasteiger partial charge in [0.15, 0.2) is 0 Å². The van der Waals surface area contributed by atoms with Crippen LogP contribution in [0.5, 0.6) is 5.75 Å². The summed E-state index contributed by atoms with van der Waals surface area (Å²) in [4.78, 5) is 12.6. The van der Waals surface area contributed by atoms with Gasteiger partial charge in [0, 0.05) is 21.8 Å². The van der Waals surface area contributed by atoms with Crippen LogP contribution in [0.15, 0.2) is 79.1 Å². The molecule has 0 bridgehead atoms. The molecular formula is C24H18Cl3N3O2. The van der Waals surface area contributed by atoms with Gasteiger partial charge in [0.25, 0.3) is 5.91 Å². The maximum absolute atomic E-state index is 12.6. The van der Waals surface area contributed by atoms with Crippen molar-refractivity contribution in [3.63, 3.8) is 0 Å². The number of benzene rings is 3. The predicted molar refractivity (Wildman–Crippen MR) is 128 cm³/mol. The van der Waals surface area contributed by atoms with Gasteiger partial charge >= 0.3 is 0 Å². The zero-order valence-corrected chi connectivity index (χ0v) is 19.0. The molecule has 0 unspecified atom stereocenters. The Labute approximate surface area is 200 Å². The van der Waals surface area contributed by atoms with E-state index in [9.17, 15) is 4.79 Å². The first-order valence-electron chi connectivity index (χ1n) is 9.72. The highest BCUT2D eigenvalue weighted by molar-refractivity contribution is 6.35. The first-order chi connectivity index (χ1) is 15.5. The number of nitrogens with one attached hydrogen (secondary N) is 1. The molecule has 3 aromatic carbocycles. The number of aromatic nitrogens is 2. The molecule has 1 N–H and O–H groups in total. The molecule has 32 heavy (non-hydrogen) atoms. The summed E-state index contributed by atoms with van der Waals surface area (Å²) < 4.78 is 7.44. The van der Waals surface area contributed by atoms with Gasteiger partial charge in [-0.2, -0.15) is 5.10 Å². The molecule has 4 aromatic rings. The predicted octanol–water partition coefficient (Wildman–Crippen LogP) is 6.72. The van der Waals surface area contributed by atoms with Crippen LogP contribution in [-0.4, -0.2) is 15.7 Å². The fraction of sp³-hybridized carbons (Fsp3) is 0.0833. The van der Waals surface area contributed by atoms with Gasteiger partial charge < -0.3 is 10.1 Å². The Hall–Kier alpha value is -2.99. The van der Waals surface area contributed by atoms with E-state index in [2.05, 4.69) is 10.4 Å². The monoisotopic (exact) mass is 485 g/mol. The van der Waals surface area contributed by atoms with Crippen LogP contribution in [0, 0.1) is 0 Å². The molecular weight excluding hydrogens is 469 g/mol. The van der Waals surface area contributed by atoms with Crippen molar-refractivity contribution in [2.24, 2.45) is 0 Å². The number of nitrogens with zero attached hydrogens (tertiary/aromatic N) is 2. The first-order valence-corrected chi connectivity index (χ1v) is 10.9. The molecule has 8 heteroatoms. The Morgan fingerprint density at radius 2 is 1.75 bits per heavy atom. The minimum atomic E-state index is -0.226. The smallest absolute Gasteiger partial charge is 0.255 e. The van der Waals surface area contributed by atoms with Gasteiger partial charge in [0.05, 0.1) is 23.5 Å². The van der Waals surface area contributed by atoms with Crippen LogP contribution in [0.25, 0.3) is 0 Å². The zero-order chi connectivity index (χ0) is 22.5. The van der Waals surface area contributed by atoms with Gasteiger partial charge in [-0.25, -0.2) is 0 Å². The van der Waals surface area contributed by atoms with Gasteiger partial charge in [-0.3, -0.25) is 9.48 Å². The van der Waals surface area contributed by atoms with E-state index in [-0.39, 0.29) is 5.91 Å². The zero-order valence-electron chi connectivity index (χ0n) is 16.8. The van der Waals surface area contributed by atoms with Gasteiger partial charge in [-0.1, -0.05) is 65.1 Å². The van der Waals surface area contributed by atoms with Crippen molar-refractivity contribution in [1.29, 1.82) is 0 Å². The third kappa shape index (κ3) is 5.62. The largest absolute Gasteiger partial charge is 0.487 e. The Kier molecular flexibility index (Phi) is 7.00. The number of anilines is 1. The molecule has 0 saturated heterocycles. The van der Waals surface area contributed by atoms with Gasteiger partial charge in [0.2, 0.25) is 0 Å². The third-order valence-corrected chi connectivity index (χ3v) is 5.58. The number of halogens is 3. The fourth-order valence-corrected chi connectivity index (χ4v) is 3.68. The maximum Gasteiger partial charge on any atom is 0.255 e. The van der Waals surface area contributed by atoms with Crippen molar-refractivity contribution in [3.05, 3.63) is 111 Å². The Balaban J connectivity index is 1.34. The van der Waals surface area contributed by atoms with Crippen LogP contribution in [-0.2, 0) is 13.2 Å². The van der Waals surface area contributed by atoms with Crippen LogP contribution in [0.1, 0.15) is 21.5 Å². The third-order valence-electron chi connectivity index (χ3n) is 4.69. The minimum absolute atomic E-state index is 0.226. The Morgan fingerprint density at radius 3 is 2.50 bits per heavy atom. The van der Waals surface area contributed by atoms with Crippen LogP contribution >= 0.6 is 34.8 Å². The van der Waals surface area contributed by atoms with Crippen molar-refractivity contribution in [3.8, 4) is 5.75 Å². The molecule has 0 aliphatic rings. The molecule has 5 nitrogen and oxygen atoms in total. The lowest BCUT2D eigenvalue weighted by Crippen LogP contribution is -2.11. The molecule has 4 rings (SSSR count). The normalized spacial score (nSPS) is 10.7. The summed E-state index contributed by atoms with van der Waals surface area (Å²) in [5, 5.41) is 8.81. The van der Waals surface area contributed by atoms with E-state index in [1.807, 2.05) is 36.4 Å².